The number of nitrogens with one attached hydrogen (secondary N) is 5. The van der Waals surface area contributed by atoms with Gasteiger partial charge in [-0.25, -0.2) is 14.4 Å². The number of ether oxygens (including phenoxy) is 3. The first-order valence-corrected chi connectivity index (χ1v) is 18.1. The highest BCUT2D eigenvalue weighted by Crippen LogP contribution is 2.33. The largest absolute Gasteiger partial charge is 0.482 e. The lowest BCUT2D eigenvalue weighted by Crippen LogP contribution is -2.42. The van der Waals surface area contributed by atoms with Crippen molar-refractivity contribution in [3.63, 3.8) is 0 Å². The molecule has 2 aliphatic rings. The number of hydrogen-bond donors (Lipinski definition) is 7. The van der Waals surface area contributed by atoms with Crippen LogP contribution in [0.1, 0.15) is 76.6 Å². The maximum absolute atomic E-state index is 12.9. The molecule has 3 rings (SSSR count). The molecule has 2 aliphatic heterocycles. The molecule has 16 nitrogen and oxygen atoms in total. The van der Waals surface area contributed by atoms with E-state index in [1.54, 1.807) is 13.8 Å². The summed E-state index contributed by atoms with van der Waals surface area (Å²) in [7, 11) is 0. The Morgan fingerprint density at radius 2 is 1.51 bits per heavy atom. The molecule has 51 heavy (non-hydrogen) atoms. The average molecular weight is 738 g/mol. The number of rotatable bonds is 23. The van der Waals surface area contributed by atoms with Gasteiger partial charge in [0.05, 0.1) is 17.7 Å². The summed E-state index contributed by atoms with van der Waals surface area (Å²) in [6.07, 6.45) is 4.16. The van der Waals surface area contributed by atoms with Crippen molar-refractivity contribution in [3.05, 3.63) is 23.8 Å². The van der Waals surface area contributed by atoms with Gasteiger partial charge in [0.2, 0.25) is 11.8 Å². The maximum Gasteiger partial charge on any atom is 0.341 e. The summed E-state index contributed by atoms with van der Waals surface area (Å²) in [4.78, 5) is 71.3. The van der Waals surface area contributed by atoms with Gasteiger partial charge in [-0.15, -0.1) is 0 Å². The molecule has 2 fully saturated rings. The molecular weight excluding hydrogens is 686 g/mol. The van der Waals surface area contributed by atoms with Crippen molar-refractivity contribution in [1.29, 1.82) is 0 Å². The van der Waals surface area contributed by atoms with Crippen LogP contribution in [0.2, 0.25) is 0 Å². The highest BCUT2D eigenvalue weighted by Gasteiger charge is 2.42. The van der Waals surface area contributed by atoms with Gasteiger partial charge < -0.3 is 51.0 Å². The lowest BCUT2D eigenvalue weighted by Gasteiger charge is -2.29. The van der Waals surface area contributed by atoms with E-state index < -0.39 is 42.1 Å². The van der Waals surface area contributed by atoms with Crippen molar-refractivity contribution < 1.29 is 53.2 Å². The van der Waals surface area contributed by atoms with Crippen LogP contribution in [0.5, 0.6) is 11.5 Å². The second kappa shape index (κ2) is 19.4. The number of urea groups is 1. The van der Waals surface area contributed by atoms with Crippen LogP contribution in [0.3, 0.4) is 0 Å². The van der Waals surface area contributed by atoms with Crippen LogP contribution < -0.4 is 36.1 Å². The van der Waals surface area contributed by atoms with Gasteiger partial charge in [0, 0.05) is 60.7 Å². The second-order valence-electron chi connectivity index (χ2n) is 13.8. The third-order valence-corrected chi connectivity index (χ3v) is 10.0. The van der Waals surface area contributed by atoms with Gasteiger partial charge in [0.1, 0.15) is 11.5 Å². The number of hydrogen-bond acceptors (Lipinski definition) is 10. The molecule has 7 N–H and O–H groups in total. The van der Waals surface area contributed by atoms with E-state index in [0.717, 1.165) is 25.0 Å². The zero-order valence-corrected chi connectivity index (χ0v) is 30.4. The average Bonchev–Trinajstić information content (AvgIpc) is 3.61. The Bertz CT molecular complexity index is 1370. The van der Waals surface area contributed by atoms with Crippen LogP contribution in [0.15, 0.2) is 18.2 Å². The van der Waals surface area contributed by atoms with Crippen molar-refractivity contribution in [2.75, 3.05) is 45.2 Å². The molecule has 2 heterocycles. The normalized spacial score (nSPS) is 18.2. The SMILES string of the molecule is CC(C)(CCNC(=O)CCCC[C@@H]1SC[C@@H]2NC(=O)N[C@@H]21)OCCC(C)(C)C(=O)NCCNC(=O)c1cc(OCC(=O)O)cc(OCC(=O)O)c1. The van der Waals surface area contributed by atoms with Crippen molar-refractivity contribution in [3.8, 4) is 11.5 Å². The molecule has 17 heteroatoms. The van der Waals surface area contributed by atoms with Crippen LogP contribution in [-0.4, -0.2) is 114 Å². The molecular formula is C34H51N5O11S. The Morgan fingerprint density at radius 3 is 2.16 bits per heavy atom. The standard InChI is InChI=1S/C34H51N5O11S/c1-33(2,31(46)37-13-12-36-30(45)21-15-22(48-18-27(41)42)17-23(16-21)49-19-28(43)44)10-14-50-34(3,4)9-11-35-26(40)8-6-5-7-25-29-24(20-51-25)38-32(47)39-29/h15-17,24-25,29H,5-14,18-20H2,1-4H3,(H,35,40)(H,36,45)(H,37,46)(H,41,42)(H,43,44)(H2,38,39,47)/t24-,25-,29-/m0/s1. The van der Waals surface area contributed by atoms with Gasteiger partial charge >= 0.3 is 18.0 Å². The molecule has 284 valence electrons. The number of unbranched alkanes of at least 4 members (excludes halogenated alkanes) is 1. The number of fused-ring (bicyclic) bond motifs is 1. The number of carboxylic acid groups (broad SMARTS) is 2. The fourth-order valence-corrected chi connectivity index (χ4v) is 7.03. The van der Waals surface area contributed by atoms with Crippen LogP contribution in [0.25, 0.3) is 0 Å². The van der Waals surface area contributed by atoms with Crippen LogP contribution >= 0.6 is 11.8 Å². The van der Waals surface area contributed by atoms with E-state index in [1.165, 1.54) is 18.2 Å². The summed E-state index contributed by atoms with van der Waals surface area (Å²) in [6.45, 7) is 7.13. The smallest absolute Gasteiger partial charge is 0.341 e. The van der Waals surface area contributed by atoms with Crippen LogP contribution in [0.4, 0.5) is 4.79 Å². The summed E-state index contributed by atoms with van der Waals surface area (Å²) in [5.74, 6) is -2.31. The summed E-state index contributed by atoms with van der Waals surface area (Å²) < 4.78 is 16.3. The highest BCUT2D eigenvalue weighted by molar-refractivity contribution is 8.00. The molecule has 2 saturated heterocycles. The summed E-state index contributed by atoms with van der Waals surface area (Å²) in [6, 6.07) is 4.17. The predicted molar refractivity (Wildman–Crippen MR) is 188 cm³/mol. The van der Waals surface area contributed by atoms with E-state index in [2.05, 4.69) is 26.6 Å². The third-order valence-electron chi connectivity index (χ3n) is 8.53. The molecule has 0 bridgehead atoms. The molecule has 3 atom stereocenters. The Labute approximate surface area is 301 Å². The molecule has 1 aromatic rings. The lowest BCUT2D eigenvalue weighted by molar-refractivity contribution is -0.140. The van der Waals surface area contributed by atoms with Gasteiger partial charge in [-0.3, -0.25) is 14.4 Å². The zero-order valence-electron chi connectivity index (χ0n) is 29.6. The van der Waals surface area contributed by atoms with Crippen molar-refractivity contribution >= 4 is 47.5 Å². The highest BCUT2D eigenvalue weighted by atomic mass is 32.2. The second-order valence-corrected chi connectivity index (χ2v) is 15.1. The monoisotopic (exact) mass is 737 g/mol. The predicted octanol–water partition coefficient (Wildman–Crippen LogP) is 1.90. The fourth-order valence-electron chi connectivity index (χ4n) is 5.49. The summed E-state index contributed by atoms with van der Waals surface area (Å²) in [5, 5.41) is 32.5. The number of amides is 5. The van der Waals surface area contributed by atoms with Crippen LogP contribution in [-0.2, 0) is 23.9 Å². The van der Waals surface area contributed by atoms with E-state index in [-0.39, 0.29) is 60.1 Å². The molecule has 0 radical (unpaired) electrons. The molecule has 0 saturated carbocycles. The van der Waals surface area contributed by atoms with Crippen molar-refractivity contribution in [2.45, 2.75) is 89.2 Å². The number of thioether (sulfide) groups is 1. The minimum Gasteiger partial charge on any atom is -0.482 e. The molecule has 0 aromatic heterocycles. The van der Waals surface area contributed by atoms with E-state index >= 15 is 0 Å². The number of carbonyl (C=O) groups is 6. The topological polar surface area (TPSA) is 231 Å². The van der Waals surface area contributed by atoms with E-state index in [9.17, 15) is 28.8 Å². The lowest BCUT2D eigenvalue weighted by atomic mass is 9.88. The van der Waals surface area contributed by atoms with Gasteiger partial charge in [-0.05, 0) is 51.7 Å². The minimum atomic E-state index is -1.23. The van der Waals surface area contributed by atoms with Crippen molar-refractivity contribution in [1.82, 2.24) is 26.6 Å². The molecule has 5 amide bonds. The Balaban J connectivity index is 1.29. The van der Waals surface area contributed by atoms with E-state index in [0.29, 0.717) is 37.7 Å². The Kier molecular flexibility index (Phi) is 15.6. The molecule has 0 aliphatic carbocycles. The number of benzene rings is 1. The van der Waals surface area contributed by atoms with Crippen LogP contribution in [0, 0.1) is 5.41 Å². The van der Waals surface area contributed by atoms with Gasteiger partial charge in [0.25, 0.3) is 5.91 Å². The van der Waals surface area contributed by atoms with Gasteiger partial charge in [-0.2, -0.15) is 11.8 Å². The number of carbonyl (C=O) groups excluding carboxylic acids is 4. The number of carboxylic acids is 2. The number of aliphatic carboxylic acids is 2. The Morgan fingerprint density at radius 1 is 0.863 bits per heavy atom. The fraction of sp³-hybridized carbons (Fsp3) is 0.647. The first-order valence-electron chi connectivity index (χ1n) is 17.0. The quantitative estimate of drug-likeness (QED) is 0.0631. The van der Waals surface area contributed by atoms with Gasteiger partial charge in [-0.1, -0.05) is 20.3 Å². The molecule has 0 unspecified atom stereocenters. The first kappa shape index (κ1) is 41.2. The summed E-state index contributed by atoms with van der Waals surface area (Å²) >= 11 is 1.87. The molecule has 0 spiro atoms. The maximum atomic E-state index is 12.9. The molecule has 1 aromatic carbocycles. The Hall–Kier alpha value is -4.25. The van der Waals surface area contributed by atoms with E-state index in [4.69, 9.17) is 24.4 Å². The minimum absolute atomic E-state index is 0.000335. The summed E-state index contributed by atoms with van der Waals surface area (Å²) in [5.41, 5.74) is -1.23. The van der Waals surface area contributed by atoms with Crippen molar-refractivity contribution in [2.24, 2.45) is 5.41 Å². The zero-order chi connectivity index (χ0) is 37.6. The first-order chi connectivity index (χ1) is 24.0. The van der Waals surface area contributed by atoms with Gasteiger partial charge in [0.15, 0.2) is 13.2 Å². The van der Waals surface area contributed by atoms with E-state index in [1.807, 2.05) is 25.6 Å². The third kappa shape index (κ3) is 14.5.